The van der Waals surface area contributed by atoms with Crippen LogP contribution in [0.25, 0.3) is 0 Å². The zero-order valence-electron chi connectivity index (χ0n) is 15.2. The first-order valence-corrected chi connectivity index (χ1v) is 7.93. The first-order valence-electron chi connectivity index (χ1n) is 7.93. The van der Waals surface area contributed by atoms with Crippen molar-refractivity contribution in [2.45, 2.75) is 20.5 Å². The number of aromatic nitrogens is 1. The molecule has 0 atom stereocenters. The van der Waals surface area contributed by atoms with E-state index in [9.17, 15) is 4.79 Å². The second kappa shape index (κ2) is 9.31. The number of aryl methyl sites for hydroxylation is 1. The Bertz CT molecular complexity index is 817. The van der Waals surface area contributed by atoms with Crippen LogP contribution in [0.4, 0.5) is 0 Å². The first-order chi connectivity index (χ1) is 12.6. The number of esters is 1. The highest BCUT2D eigenvalue weighted by Gasteiger charge is 2.20. The van der Waals surface area contributed by atoms with E-state index in [2.05, 4.69) is 15.3 Å². The Labute approximate surface area is 152 Å². The molecule has 2 rings (SSSR count). The number of carbonyl (C=O) groups is 1. The predicted octanol–water partition coefficient (Wildman–Crippen LogP) is 2.85. The van der Waals surface area contributed by atoms with Gasteiger partial charge < -0.3 is 14.4 Å². The molecule has 0 fully saturated rings. The number of pyridine rings is 1. The van der Waals surface area contributed by atoms with Crippen LogP contribution in [0.15, 0.2) is 53.0 Å². The minimum atomic E-state index is -0.589. The van der Waals surface area contributed by atoms with E-state index in [0.717, 1.165) is 16.7 Å². The molecular formula is C19H21N3O4. The van der Waals surface area contributed by atoms with Crippen molar-refractivity contribution >= 4 is 17.4 Å². The number of ether oxygens (including phenoxy) is 1. The minimum absolute atomic E-state index is 0.0743. The molecule has 0 saturated carbocycles. The van der Waals surface area contributed by atoms with Crippen LogP contribution in [0.5, 0.6) is 0 Å². The Balaban J connectivity index is 2.27. The number of benzene rings is 1. The second-order valence-corrected chi connectivity index (χ2v) is 5.41. The standard InChI is InChI=1S/C19H21N3O4/c1-13-7-5-9-16(18(22-25-4)19(23)24-3)17(13)12-26-21-14(2)15-8-6-10-20-11-15/h5-11H,12H2,1-4H3/b21-14+,22-18+. The lowest BCUT2D eigenvalue weighted by atomic mass is 9.99. The van der Waals surface area contributed by atoms with Gasteiger partial charge in [0.1, 0.15) is 13.7 Å². The fourth-order valence-electron chi connectivity index (χ4n) is 2.32. The summed E-state index contributed by atoms with van der Waals surface area (Å²) >= 11 is 0. The topological polar surface area (TPSA) is 82.4 Å². The molecule has 0 aliphatic rings. The van der Waals surface area contributed by atoms with Crippen molar-refractivity contribution in [3.8, 4) is 0 Å². The number of oxime groups is 2. The molecule has 0 N–H and O–H groups in total. The summed E-state index contributed by atoms with van der Waals surface area (Å²) < 4.78 is 4.79. The van der Waals surface area contributed by atoms with Crippen LogP contribution < -0.4 is 0 Å². The van der Waals surface area contributed by atoms with Gasteiger partial charge in [0.05, 0.1) is 12.8 Å². The molecule has 0 aliphatic heterocycles. The monoisotopic (exact) mass is 355 g/mol. The van der Waals surface area contributed by atoms with Gasteiger partial charge in [-0.3, -0.25) is 4.98 Å². The molecular weight excluding hydrogens is 334 g/mol. The highest BCUT2D eigenvalue weighted by atomic mass is 16.6. The SMILES string of the molecule is CO/N=C(/C(=O)OC)c1cccc(C)c1CO/N=C(\C)c1cccnc1. The van der Waals surface area contributed by atoms with Gasteiger partial charge in [0, 0.05) is 29.1 Å². The van der Waals surface area contributed by atoms with Crippen molar-refractivity contribution in [3.05, 3.63) is 65.0 Å². The molecule has 0 radical (unpaired) electrons. The summed E-state index contributed by atoms with van der Waals surface area (Å²) in [5.74, 6) is -0.589. The average molecular weight is 355 g/mol. The third-order valence-electron chi connectivity index (χ3n) is 3.72. The van der Waals surface area contributed by atoms with Gasteiger partial charge in [-0.1, -0.05) is 28.5 Å². The number of hydrogen-bond acceptors (Lipinski definition) is 7. The van der Waals surface area contributed by atoms with Gasteiger partial charge in [-0.05, 0) is 31.5 Å². The van der Waals surface area contributed by atoms with Gasteiger partial charge in [0.25, 0.3) is 0 Å². The zero-order chi connectivity index (χ0) is 18.9. The van der Waals surface area contributed by atoms with Crippen LogP contribution >= 0.6 is 0 Å². The molecule has 136 valence electrons. The van der Waals surface area contributed by atoms with E-state index in [0.29, 0.717) is 11.3 Å². The van der Waals surface area contributed by atoms with Crippen LogP contribution in [0.2, 0.25) is 0 Å². The number of rotatable bonds is 7. The summed E-state index contributed by atoms with van der Waals surface area (Å²) in [5, 5.41) is 7.93. The number of nitrogens with zero attached hydrogens (tertiary/aromatic N) is 3. The smallest absolute Gasteiger partial charge is 0.360 e. The normalized spacial score (nSPS) is 11.8. The maximum absolute atomic E-state index is 12.0. The van der Waals surface area contributed by atoms with Crippen LogP contribution in [0.3, 0.4) is 0 Å². The van der Waals surface area contributed by atoms with Crippen molar-refractivity contribution in [1.29, 1.82) is 0 Å². The lowest BCUT2D eigenvalue weighted by Gasteiger charge is -2.12. The second-order valence-electron chi connectivity index (χ2n) is 5.41. The van der Waals surface area contributed by atoms with E-state index in [1.54, 1.807) is 18.5 Å². The molecule has 1 aromatic carbocycles. The van der Waals surface area contributed by atoms with E-state index in [-0.39, 0.29) is 12.3 Å². The summed E-state index contributed by atoms with van der Waals surface area (Å²) in [6.45, 7) is 3.92. The third-order valence-corrected chi connectivity index (χ3v) is 3.72. The molecule has 0 bridgehead atoms. The summed E-state index contributed by atoms with van der Waals surface area (Å²) in [6.07, 6.45) is 3.41. The molecule has 0 saturated heterocycles. The number of hydrogen-bond donors (Lipinski definition) is 0. The quantitative estimate of drug-likeness (QED) is 0.433. The zero-order valence-corrected chi connectivity index (χ0v) is 15.2. The van der Waals surface area contributed by atoms with E-state index in [1.807, 2.05) is 38.1 Å². The summed E-state index contributed by atoms with van der Waals surface area (Å²) in [7, 11) is 2.66. The molecule has 0 spiro atoms. The first kappa shape index (κ1) is 19.1. The molecule has 1 heterocycles. The minimum Gasteiger partial charge on any atom is -0.464 e. The molecule has 0 amide bonds. The highest BCUT2D eigenvalue weighted by Crippen LogP contribution is 2.18. The summed E-state index contributed by atoms with van der Waals surface area (Å²) in [5.41, 5.74) is 3.93. The van der Waals surface area contributed by atoms with Crippen LogP contribution in [-0.2, 0) is 25.8 Å². The number of methoxy groups -OCH3 is 1. The lowest BCUT2D eigenvalue weighted by molar-refractivity contribution is -0.132. The van der Waals surface area contributed by atoms with Crippen molar-refractivity contribution < 1.29 is 19.2 Å². The van der Waals surface area contributed by atoms with Crippen LogP contribution in [-0.4, -0.2) is 36.6 Å². The molecule has 0 unspecified atom stereocenters. The van der Waals surface area contributed by atoms with E-state index < -0.39 is 5.97 Å². The van der Waals surface area contributed by atoms with E-state index in [4.69, 9.17) is 14.4 Å². The Morgan fingerprint density at radius 3 is 2.62 bits per heavy atom. The van der Waals surface area contributed by atoms with E-state index >= 15 is 0 Å². The Kier molecular flexibility index (Phi) is 6.84. The molecule has 0 aliphatic carbocycles. The third kappa shape index (κ3) is 4.66. The van der Waals surface area contributed by atoms with Crippen molar-refractivity contribution in [3.63, 3.8) is 0 Å². The maximum atomic E-state index is 12.0. The molecule has 7 nitrogen and oxygen atoms in total. The lowest BCUT2D eigenvalue weighted by Crippen LogP contribution is -2.20. The fraction of sp³-hybridized carbons (Fsp3) is 0.263. The predicted molar refractivity (Wildman–Crippen MR) is 98.0 cm³/mol. The summed E-state index contributed by atoms with van der Waals surface area (Å²) in [6, 6.07) is 9.23. The van der Waals surface area contributed by atoms with Gasteiger partial charge in [0.15, 0.2) is 5.71 Å². The average Bonchev–Trinajstić information content (AvgIpc) is 2.67. The van der Waals surface area contributed by atoms with E-state index in [1.165, 1.54) is 14.2 Å². The van der Waals surface area contributed by atoms with Crippen molar-refractivity contribution in [2.24, 2.45) is 10.3 Å². The highest BCUT2D eigenvalue weighted by molar-refractivity contribution is 6.43. The molecule has 26 heavy (non-hydrogen) atoms. The van der Waals surface area contributed by atoms with Gasteiger partial charge >= 0.3 is 5.97 Å². The van der Waals surface area contributed by atoms with Gasteiger partial charge in [0.2, 0.25) is 0 Å². The maximum Gasteiger partial charge on any atom is 0.360 e. The summed E-state index contributed by atoms with van der Waals surface area (Å²) in [4.78, 5) is 26.4. The molecule has 2 aromatic rings. The van der Waals surface area contributed by atoms with Crippen LogP contribution in [0.1, 0.15) is 29.2 Å². The van der Waals surface area contributed by atoms with Gasteiger partial charge in [-0.25, -0.2) is 4.79 Å². The Morgan fingerprint density at radius 1 is 1.15 bits per heavy atom. The largest absolute Gasteiger partial charge is 0.464 e. The van der Waals surface area contributed by atoms with Crippen molar-refractivity contribution in [2.75, 3.05) is 14.2 Å². The number of carbonyl (C=O) groups excluding carboxylic acids is 1. The van der Waals surface area contributed by atoms with Gasteiger partial charge in [-0.15, -0.1) is 0 Å². The Hall–Kier alpha value is -3.22. The Morgan fingerprint density at radius 2 is 1.96 bits per heavy atom. The van der Waals surface area contributed by atoms with Gasteiger partial charge in [-0.2, -0.15) is 0 Å². The molecule has 1 aromatic heterocycles. The van der Waals surface area contributed by atoms with Crippen LogP contribution in [0, 0.1) is 6.92 Å². The molecule has 7 heteroatoms. The van der Waals surface area contributed by atoms with Crippen molar-refractivity contribution in [1.82, 2.24) is 4.98 Å². The fourth-order valence-corrected chi connectivity index (χ4v) is 2.32.